The number of hydrogen-bond acceptors (Lipinski definition) is 5. The van der Waals surface area contributed by atoms with Gasteiger partial charge in [0.2, 0.25) is 10.0 Å². The molecular formula is C18H26N2O5S. The number of benzene rings is 1. The molecule has 1 aliphatic carbocycles. The van der Waals surface area contributed by atoms with Crippen molar-refractivity contribution in [1.29, 1.82) is 0 Å². The summed E-state index contributed by atoms with van der Waals surface area (Å²) in [7, 11) is -3.61. The van der Waals surface area contributed by atoms with E-state index in [0.717, 1.165) is 12.0 Å². The number of nitrogens with zero attached hydrogens (tertiary/aromatic N) is 1. The zero-order chi connectivity index (χ0) is 19.5. The van der Waals surface area contributed by atoms with Crippen molar-refractivity contribution in [2.24, 2.45) is 11.8 Å². The Morgan fingerprint density at radius 1 is 1.27 bits per heavy atom. The van der Waals surface area contributed by atoms with Crippen LogP contribution in [0.3, 0.4) is 0 Å². The summed E-state index contributed by atoms with van der Waals surface area (Å²) in [6.45, 7) is 7.61. The number of carbonyl (C=O) groups excluding carboxylic acids is 2. The highest BCUT2D eigenvalue weighted by atomic mass is 32.2. The number of carbonyl (C=O) groups is 2. The molecule has 1 saturated carbocycles. The van der Waals surface area contributed by atoms with E-state index in [4.69, 9.17) is 4.74 Å². The van der Waals surface area contributed by atoms with Crippen LogP contribution >= 0.6 is 0 Å². The Bertz CT molecular complexity index is 787. The van der Waals surface area contributed by atoms with E-state index in [2.05, 4.69) is 5.32 Å². The molecule has 0 aliphatic heterocycles. The van der Waals surface area contributed by atoms with E-state index < -0.39 is 15.9 Å². The number of rotatable bonds is 8. The molecular weight excluding hydrogens is 356 g/mol. The number of sulfonamides is 1. The van der Waals surface area contributed by atoms with Crippen molar-refractivity contribution in [3.05, 3.63) is 23.8 Å². The molecule has 2 atom stereocenters. The van der Waals surface area contributed by atoms with Crippen LogP contribution in [0.1, 0.15) is 32.8 Å². The lowest BCUT2D eigenvalue weighted by Gasteiger charge is -2.19. The van der Waals surface area contributed by atoms with Crippen molar-refractivity contribution in [3.8, 4) is 0 Å². The summed E-state index contributed by atoms with van der Waals surface area (Å²) in [4.78, 5) is 23.8. The average molecular weight is 382 g/mol. The van der Waals surface area contributed by atoms with Gasteiger partial charge in [0.1, 0.15) is 0 Å². The molecule has 2 unspecified atom stereocenters. The van der Waals surface area contributed by atoms with Crippen LogP contribution in [0.2, 0.25) is 0 Å². The van der Waals surface area contributed by atoms with Crippen LogP contribution in [-0.2, 0) is 24.3 Å². The number of amides is 1. The first-order valence-electron chi connectivity index (χ1n) is 8.78. The minimum atomic E-state index is -3.61. The summed E-state index contributed by atoms with van der Waals surface area (Å²) >= 11 is 0. The van der Waals surface area contributed by atoms with Gasteiger partial charge in [0.15, 0.2) is 6.61 Å². The topological polar surface area (TPSA) is 92.8 Å². The SMILES string of the molecule is CCN(CC)S(=O)(=O)c1ccc(C)c(NC(=O)COC(=O)C2CC2C)c1. The number of aryl methyl sites for hydroxylation is 1. The normalized spacial score (nSPS) is 19.3. The van der Waals surface area contributed by atoms with Gasteiger partial charge < -0.3 is 10.1 Å². The standard InChI is InChI=1S/C18H26N2O5S/c1-5-20(6-2)26(23,24)14-8-7-12(3)16(10-14)19-17(21)11-25-18(22)15-9-13(15)4/h7-8,10,13,15H,5-6,9,11H2,1-4H3,(H,19,21). The van der Waals surface area contributed by atoms with Gasteiger partial charge in [-0.25, -0.2) is 8.42 Å². The molecule has 1 aromatic carbocycles. The van der Waals surface area contributed by atoms with Crippen molar-refractivity contribution < 1.29 is 22.7 Å². The minimum absolute atomic E-state index is 0.105. The summed E-state index contributed by atoms with van der Waals surface area (Å²) in [5, 5.41) is 2.62. The second kappa shape index (κ2) is 8.18. The molecule has 1 aliphatic rings. The summed E-state index contributed by atoms with van der Waals surface area (Å²) in [6.07, 6.45) is 0.796. The van der Waals surface area contributed by atoms with E-state index in [0.29, 0.717) is 24.7 Å². The zero-order valence-corrected chi connectivity index (χ0v) is 16.4. The van der Waals surface area contributed by atoms with Crippen molar-refractivity contribution in [3.63, 3.8) is 0 Å². The highest BCUT2D eigenvalue weighted by Gasteiger charge is 2.40. The van der Waals surface area contributed by atoms with Gasteiger partial charge in [0.05, 0.1) is 10.8 Å². The summed E-state index contributed by atoms with van der Waals surface area (Å²) in [6, 6.07) is 4.60. The highest BCUT2D eigenvalue weighted by Crippen LogP contribution is 2.38. The second-order valence-electron chi connectivity index (χ2n) is 6.54. The van der Waals surface area contributed by atoms with Gasteiger partial charge in [0, 0.05) is 18.8 Å². The first-order valence-corrected chi connectivity index (χ1v) is 10.2. The smallest absolute Gasteiger partial charge is 0.309 e. The molecule has 1 amide bonds. The summed E-state index contributed by atoms with van der Waals surface area (Å²) in [5.41, 5.74) is 1.11. The van der Waals surface area contributed by atoms with Crippen LogP contribution in [-0.4, -0.2) is 44.3 Å². The number of hydrogen-bond donors (Lipinski definition) is 1. The van der Waals surface area contributed by atoms with Crippen LogP contribution in [0.25, 0.3) is 0 Å². The van der Waals surface area contributed by atoms with Crippen LogP contribution < -0.4 is 5.32 Å². The average Bonchev–Trinajstić information content (AvgIpc) is 3.32. The van der Waals surface area contributed by atoms with Gasteiger partial charge in [-0.15, -0.1) is 0 Å². The number of esters is 1. The fourth-order valence-electron chi connectivity index (χ4n) is 2.69. The third-order valence-electron chi connectivity index (χ3n) is 4.58. The van der Waals surface area contributed by atoms with Crippen molar-refractivity contribution >= 4 is 27.6 Å². The van der Waals surface area contributed by atoms with Crippen LogP contribution in [0, 0.1) is 18.8 Å². The van der Waals surface area contributed by atoms with E-state index in [9.17, 15) is 18.0 Å². The number of nitrogens with one attached hydrogen (secondary N) is 1. The Kier molecular flexibility index (Phi) is 6.41. The molecule has 1 aromatic rings. The molecule has 0 heterocycles. The lowest BCUT2D eigenvalue weighted by Crippen LogP contribution is -2.30. The Labute approximate surface area is 154 Å². The van der Waals surface area contributed by atoms with E-state index in [1.165, 1.54) is 16.4 Å². The van der Waals surface area contributed by atoms with Crippen LogP contribution in [0.4, 0.5) is 5.69 Å². The Morgan fingerprint density at radius 2 is 1.88 bits per heavy atom. The van der Waals surface area contributed by atoms with Crippen LogP contribution in [0.15, 0.2) is 23.1 Å². The lowest BCUT2D eigenvalue weighted by molar-refractivity contribution is -0.148. The van der Waals surface area contributed by atoms with Gasteiger partial charge in [-0.2, -0.15) is 4.31 Å². The zero-order valence-electron chi connectivity index (χ0n) is 15.6. The molecule has 0 spiro atoms. The highest BCUT2D eigenvalue weighted by molar-refractivity contribution is 7.89. The molecule has 7 nitrogen and oxygen atoms in total. The quantitative estimate of drug-likeness (QED) is 0.696. The fourth-order valence-corrected chi connectivity index (χ4v) is 4.17. The molecule has 8 heteroatoms. The first kappa shape index (κ1) is 20.4. The molecule has 1 fully saturated rings. The molecule has 0 aromatic heterocycles. The van der Waals surface area contributed by atoms with Crippen LogP contribution in [0.5, 0.6) is 0 Å². The Hall–Kier alpha value is -1.93. The van der Waals surface area contributed by atoms with Gasteiger partial charge in [0.25, 0.3) is 5.91 Å². The van der Waals surface area contributed by atoms with Crippen molar-refractivity contribution in [2.75, 3.05) is 25.0 Å². The third-order valence-corrected chi connectivity index (χ3v) is 6.63. The molecule has 0 radical (unpaired) electrons. The molecule has 2 rings (SSSR count). The molecule has 26 heavy (non-hydrogen) atoms. The third kappa shape index (κ3) is 4.62. The van der Waals surface area contributed by atoms with E-state index >= 15 is 0 Å². The monoisotopic (exact) mass is 382 g/mol. The van der Waals surface area contributed by atoms with E-state index in [-0.39, 0.29) is 23.4 Å². The van der Waals surface area contributed by atoms with Crippen molar-refractivity contribution in [1.82, 2.24) is 4.31 Å². The maximum atomic E-state index is 12.6. The first-order chi connectivity index (χ1) is 12.2. The van der Waals surface area contributed by atoms with Gasteiger partial charge >= 0.3 is 5.97 Å². The van der Waals surface area contributed by atoms with E-state index in [1.807, 2.05) is 6.92 Å². The maximum Gasteiger partial charge on any atom is 0.309 e. The summed E-state index contributed by atoms with van der Waals surface area (Å²) in [5.74, 6) is -0.642. The Balaban J connectivity index is 2.07. The van der Waals surface area contributed by atoms with E-state index in [1.54, 1.807) is 26.8 Å². The summed E-state index contributed by atoms with van der Waals surface area (Å²) < 4.78 is 31.6. The second-order valence-corrected chi connectivity index (χ2v) is 8.48. The van der Waals surface area contributed by atoms with Crippen molar-refractivity contribution in [2.45, 2.75) is 39.0 Å². The molecule has 144 valence electrons. The van der Waals surface area contributed by atoms with Gasteiger partial charge in [-0.1, -0.05) is 26.8 Å². The maximum absolute atomic E-state index is 12.6. The molecule has 0 bridgehead atoms. The number of anilines is 1. The Morgan fingerprint density at radius 3 is 2.42 bits per heavy atom. The fraction of sp³-hybridized carbons (Fsp3) is 0.556. The largest absolute Gasteiger partial charge is 0.455 e. The molecule has 0 saturated heterocycles. The van der Waals surface area contributed by atoms with Gasteiger partial charge in [-0.3, -0.25) is 9.59 Å². The molecule has 1 N–H and O–H groups in total. The predicted octanol–water partition coefficient (Wildman–Crippen LogP) is 2.16. The van der Waals surface area contributed by atoms with Gasteiger partial charge in [-0.05, 0) is 37.0 Å². The minimum Gasteiger partial charge on any atom is -0.455 e. The predicted molar refractivity (Wildman–Crippen MR) is 98.1 cm³/mol. The number of ether oxygens (including phenoxy) is 1. The lowest BCUT2D eigenvalue weighted by atomic mass is 10.2.